The average Bonchev–Trinajstić information content (AvgIpc) is 2.62. The second kappa shape index (κ2) is 8.32. The maximum Gasteiger partial charge on any atom is 0.338 e. The number of ether oxygens (including phenoxy) is 1. The molecule has 0 fully saturated rings. The van der Waals surface area contributed by atoms with E-state index in [0.717, 1.165) is 24.3 Å². The number of nitrogens with two attached hydrogens (primary N) is 1. The van der Waals surface area contributed by atoms with Crippen LogP contribution in [0.1, 0.15) is 21.5 Å². The summed E-state index contributed by atoms with van der Waals surface area (Å²) in [5.74, 6) is -2.88. The van der Waals surface area contributed by atoms with Gasteiger partial charge in [-0.25, -0.2) is 18.4 Å². The van der Waals surface area contributed by atoms with E-state index in [1.54, 1.807) is 6.92 Å². The zero-order valence-corrected chi connectivity index (χ0v) is 16.1. The third kappa shape index (κ3) is 5.33. The first-order valence-corrected chi connectivity index (χ1v) is 9.49. The topological polar surface area (TPSA) is 159 Å². The van der Waals surface area contributed by atoms with Gasteiger partial charge < -0.3 is 10.1 Å². The van der Waals surface area contributed by atoms with Crippen LogP contribution >= 0.6 is 0 Å². The molecule has 154 valence electrons. The molecule has 0 saturated carbocycles. The average molecular weight is 425 g/mol. The fourth-order valence-corrected chi connectivity index (χ4v) is 3.26. The van der Waals surface area contributed by atoms with Gasteiger partial charge in [-0.1, -0.05) is 0 Å². The number of hydrogen-bond acceptors (Lipinski definition) is 7. The number of primary sulfonamides is 1. The van der Waals surface area contributed by atoms with Crippen molar-refractivity contribution in [1.82, 2.24) is 0 Å². The Labute approximate surface area is 164 Å². The highest BCUT2D eigenvalue weighted by atomic mass is 32.2. The number of anilines is 1. The zero-order chi connectivity index (χ0) is 21.9. The molecule has 0 spiro atoms. The number of nitrogens with one attached hydrogen (secondary N) is 1. The van der Waals surface area contributed by atoms with Gasteiger partial charge in [0.15, 0.2) is 6.61 Å². The standard InChI is InChI=1S/C17H16FN3O7S/c1-9-5-11(6-15(10(9)2)29(19,26)27)17(23)28-8-16(22)20-12-3-4-13(18)14(7-12)21(24)25/h3-7H,8H2,1-2H3,(H,20,22)(H2,19,26,27). The first-order valence-electron chi connectivity index (χ1n) is 7.95. The summed E-state index contributed by atoms with van der Waals surface area (Å²) in [7, 11) is -4.07. The Morgan fingerprint density at radius 1 is 1.24 bits per heavy atom. The molecular formula is C17H16FN3O7S. The molecule has 0 aliphatic rings. The van der Waals surface area contributed by atoms with Crippen LogP contribution in [0.15, 0.2) is 35.2 Å². The number of sulfonamides is 1. The molecule has 0 saturated heterocycles. The van der Waals surface area contributed by atoms with Crippen molar-refractivity contribution >= 4 is 33.3 Å². The number of carbonyl (C=O) groups is 2. The molecule has 2 rings (SSSR count). The second-order valence-electron chi connectivity index (χ2n) is 6.01. The zero-order valence-electron chi connectivity index (χ0n) is 15.3. The van der Waals surface area contributed by atoms with Crippen LogP contribution in [0.25, 0.3) is 0 Å². The van der Waals surface area contributed by atoms with E-state index in [1.165, 1.54) is 13.0 Å². The molecule has 1 amide bonds. The number of nitrogens with zero attached hydrogens (tertiary/aromatic N) is 1. The number of nitro groups is 1. The molecule has 0 aromatic heterocycles. The number of benzene rings is 2. The Morgan fingerprint density at radius 2 is 1.90 bits per heavy atom. The highest BCUT2D eigenvalue weighted by Crippen LogP contribution is 2.22. The van der Waals surface area contributed by atoms with E-state index in [1.807, 2.05) is 0 Å². The third-order valence-corrected chi connectivity index (χ3v) is 4.96. The lowest BCUT2D eigenvalue weighted by atomic mass is 10.1. The summed E-state index contributed by atoms with van der Waals surface area (Å²) in [4.78, 5) is 33.6. The van der Waals surface area contributed by atoms with Crippen molar-refractivity contribution in [3.8, 4) is 0 Å². The number of nitro benzene ring substituents is 1. The predicted molar refractivity (Wildman–Crippen MR) is 99.3 cm³/mol. The summed E-state index contributed by atoms with van der Waals surface area (Å²) in [6.07, 6.45) is 0. The van der Waals surface area contributed by atoms with Gasteiger partial charge in [0.1, 0.15) is 0 Å². The molecule has 0 bridgehead atoms. The van der Waals surface area contributed by atoms with Gasteiger partial charge in [0.25, 0.3) is 5.91 Å². The highest BCUT2D eigenvalue weighted by molar-refractivity contribution is 7.89. The lowest BCUT2D eigenvalue weighted by molar-refractivity contribution is -0.387. The van der Waals surface area contributed by atoms with Crippen LogP contribution in [0.3, 0.4) is 0 Å². The predicted octanol–water partition coefficient (Wildman–Crippen LogP) is 1.79. The van der Waals surface area contributed by atoms with Gasteiger partial charge in [-0.05, 0) is 49.2 Å². The molecular weight excluding hydrogens is 409 g/mol. The SMILES string of the molecule is Cc1cc(C(=O)OCC(=O)Nc2ccc(F)c([N+](=O)[O-])c2)cc(S(N)(=O)=O)c1C. The van der Waals surface area contributed by atoms with Crippen molar-refractivity contribution in [2.45, 2.75) is 18.7 Å². The van der Waals surface area contributed by atoms with Crippen LogP contribution in [-0.2, 0) is 19.6 Å². The minimum absolute atomic E-state index is 0.0677. The van der Waals surface area contributed by atoms with E-state index >= 15 is 0 Å². The molecule has 3 N–H and O–H groups in total. The van der Waals surface area contributed by atoms with Crippen molar-refractivity contribution < 1.29 is 32.1 Å². The molecule has 0 heterocycles. The Balaban J connectivity index is 2.10. The summed E-state index contributed by atoms with van der Waals surface area (Å²) in [6.45, 7) is 2.34. The molecule has 0 unspecified atom stereocenters. The molecule has 10 nitrogen and oxygen atoms in total. The minimum Gasteiger partial charge on any atom is -0.452 e. The number of amides is 1. The van der Waals surface area contributed by atoms with E-state index in [0.29, 0.717) is 11.1 Å². The van der Waals surface area contributed by atoms with Crippen molar-refractivity contribution in [3.63, 3.8) is 0 Å². The van der Waals surface area contributed by atoms with Crippen molar-refractivity contribution in [3.05, 3.63) is 63.0 Å². The first-order chi connectivity index (χ1) is 13.4. The molecule has 12 heteroatoms. The lowest BCUT2D eigenvalue weighted by Crippen LogP contribution is -2.21. The van der Waals surface area contributed by atoms with E-state index in [9.17, 15) is 32.5 Å². The van der Waals surface area contributed by atoms with E-state index in [-0.39, 0.29) is 16.1 Å². The summed E-state index contributed by atoms with van der Waals surface area (Å²) in [6, 6.07) is 5.15. The molecule has 0 radical (unpaired) electrons. The molecule has 0 atom stereocenters. The van der Waals surface area contributed by atoms with Crippen LogP contribution in [0.5, 0.6) is 0 Å². The van der Waals surface area contributed by atoms with Crippen molar-refractivity contribution in [2.75, 3.05) is 11.9 Å². The van der Waals surface area contributed by atoms with Crippen LogP contribution in [0.4, 0.5) is 15.8 Å². The Hall–Kier alpha value is -3.38. The van der Waals surface area contributed by atoms with E-state index < -0.39 is 44.9 Å². The number of aryl methyl sites for hydroxylation is 1. The molecule has 2 aromatic rings. The largest absolute Gasteiger partial charge is 0.452 e. The molecule has 2 aromatic carbocycles. The summed E-state index contributed by atoms with van der Waals surface area (Å²) in [5.41, 5.74) is -0.166. The second-order valence-corrected chi connectivity index (χ2v) is 7.54. The van der Waals surface area contributed by atoms with Gasteiger partial charge in [-0.15, -0.1) is 0 Å². The van der Waals surface area contributed by atoms with Crippen LogP contribution in [-0.4, -0.2) is 31.8 Å². The van der Waals surface area contributed by atoms with Crippen LogP contribution < -0.4 is 10.5 Å². The number of halogens is 1. The van der Waals surface area contributed by atoms with E-state index in [2.05, 4.69) is 5.32 Å². The van der Waals surface area contributed by atoms with Gasteiger partial charge in [-0.2, -0.15) is 4.39 Å². The highest BCUT2D eigenvalue weighted by Gasteiger charge is 2.19. The lowest BCUT2D eigenvalue weighted by Gasteiger charge is -2.11. The quantitative estimate of drug-likeness (QED) is 0.405. The summed E-state index contributed by atoms with van der Waals surface area (Å²) < 4.78 is 41.4. The third-order valence-electron chi connectivity index (χ3n) is 3.92. The normalized spacial score (nSPS) is 11.0. The molecule has 29 heavy (non-hydrogen) atoms. The maximum atomic E-state index is 13.3. The number of carbonyl (C=O) groups excluding carboxylic acids is 2. The maximum absolute atomic E-state index is 13.3. The fourth-order valence-electron chi connectivity index (χ4n) is 2.38. The van der Waals surface area contributed by atoms with Gasteiger partial charge in [0.05, 0.1) is 15.4 Å². The summed E-state index contributed by atoms with van der Waals surface area (Å²) in [5, 5.41) is 18.1. The number of rotatable bonds is 6. The first kappa shape index (κ1) is 21.9. The molecule has 0 aliphatic carbocycles. The van der Waals surface area contributed by atoms with Gasteiger partial charge >= 0.3 is 11.7 Å². The Kier molecular flexibility index (Phi) is 6.29. The Morgan fingerprint density at radius 3 is 2.48 bits per heavy atom. The summed E-state index contributed by atoms with van der Waals surface area (Å²) >= 11 is 0. The van der Waals surface area contributed by atoms with Crippen molar-refractivity contribution in [2.24, 2.45) is 5.14 Å². The minimum atomic E-state index is -4.07. The smallest absolute Gasteiger partial charge is 0.338 e. The van der Waals surface area contributed by atoms with Crippen LogP contribution in [0, 0.1) is 29.8 Å². The van der Waals surface area contributed by atoms with E-state index in [4.69, 9.17) is 9.88 Å². The van der Waals surface area contributed by atoms with Gasteiger partial charge in [0, 0.05) is 11.8 Å². The number of esters is 1. The number of hydrogen-bond donors (Lipinski definition) is 2. The molecule has 0 aliphatic heterocycles. The van der Waals surface area contributed by atoms with Gasteiger partial charge in [-0.3, -0.25) is 14.9 Å². The van der Waals surface area contributed by atoms with Gasteiger partial charge in [0.2, 0.25) is 15.8 Å². The van der Waals surface area contributed by atoms with Crippen molar-refractivity contribution in [1.29, 1.82) is 0 Å². The van der Waals surface area contributed by atoms with Crippen LogP contribution in [0.2, 0.25) is 0 Å². The monoisotopic (exact) mass is 425 g/mol. The Bertz CT molecular complexity index is 1120. The fraction of sp³-hybridized carbons (Fsp3) is 0.176.